The molecule has 0 amide bonds. The minimum atomic E-state index is 0.793. The van der Waals surface area contributed by atoms with Crippen LogP contribution >= 0.6 is 0 Å². The van der Waals surface area contributed by atoms with Crippen molar-refractivity contribution in [3.63, 3.8) is 0 Å². The van der Waals surface area contributed by atoms with Crippen LogP contribution < -0.4 is 5.32 Å². The molecule has 0 aromatic heterocycles. The van der Waals surface area contributed by atoms with Crippen LogP contribution in [0.15, 0.2) is 24.3 Å². The molecule has 2 rings (SSSR count). The predicted molar refractivity (Wildman–Crippen MR) is 67.4 cm³/mol. The van der Waals surface area contributed by atoms with E-state index in [1.807, 2.05) is 13.8 Å². The van der Waals surface area contributed by atoms with Gasteiger partial charge in [0.05, 0.1) is 0 Å². The Morgan fingerprint density at radius 2 is 1.80 bits per heavy atom. The van der Waals surface area contributed by atoms with Crippen molar-refractivity contribution in [3.05, 3.63) is 35.4 Å². The van der Waals surface area contributed by atoms with Gasteiger partial charge in [-0.25, -0.2) is 0 Å². The maximum absolute atomic E-state index is 3.40. The molecule has 0 aliphatic carbocycles. The zero-order chi connectivity index (χ0) is 11.1. The van der Waals surface area contributed by atoms with Crippen LogP contribution in [0.4, 0.5) is 0 Å². The van der Waals surface area contributed by atoms with E-state index >= 15 is 0 Å². The first-order valence-corrected chi connectivity index (χ1v) is 6.13. The lowest BCUT2D eigenvalue weighted by atomic mass is 9.89. The van der Waals surface area contributed by atoms with E-state index in [9.17, 15) is 0 Å². The lowest BCUT2D eigenvalue weighted by molar-refractivity contribution is 0.460. The van der Waals surface area contributed by atoms with Crippen molar-refractivity contribution in [2.45, 2.75) is 39.5 Å². The summed E-state index contributed by atoms with van der Waals surface area (Å²) in [5.74, 6) is 0.793. The van der Waals surface area contributed by atoms with Gasteiger partial charge in [-0.15, -0.1) is 0 Å². The number of hydrogen-bond donors (Lipinski definition) is 1. The van der Waals surface area contributed by atoms with Crippen molar-refractivity contribution in [1.29, 1.82) is 0 Å². The molecular weight excluding hydrogens is 182 g/mol. The molecule has 1 aliphatic heterocycles. The van der Waals surface area contributed by atoms with Crippen molar-refractivity contribution in [1.82, 2.24) is 5.32 Å². The fourth-order valence-corrected chi connectivity index (χ4v) is 2.08. The van der Waals surface area contributed by atoms with E-state index < -0.39 is 0 Å². The number of aryl methyl sites for hydroxylation is 1. The Bertz CT molecular complexity index is 274. The van der Waals surface area contributed by atoms with E-state index in [2.05, 4.69) is 36.5 Å². The molecule has 1 aromatic carbocycles. The normalized spacial score (nSPS) is 16.7. The average molecular weight is 205 g/mol. The van der Waals surface area contributed by atoms with Crippen molar-refractivity contribution in [2.75, 3.05) is 13.1 Å². The second-order valence-electron chi connectivity index (χ2n) is 3.94. The third-order valence-electron chi connectivity index (χ3n) is 2.85. The van der Waals surface area contributed by atoms with Gasteiger partial charge in [-0.2, -0.15) is 0 Å². The van der Waals surface area contributed by atoms with E-state index in [1.165, 1.54) is 37.1 Å². The van der Waals surface area contributed by atoms with E-state index in [0.717, 1.165) is 5.92 Å². The first-order chi connectivity index (χ1) is 7.36. The summed E-state index contributed by atoms with van der Waals surface area (Å²) in [5.41, 5.74) is 2.91. The fraction of sp³-hybridized carbons (Fsp3) is 0.571. The van der Waals surface area contributed by atoms with Crippen molar-refractivity contribution < 1.29 is 0 Å². The third-order valence-corrected chi connectivity index (χ3v) is 2.85. The van der Waals surface area contributed by atoms with Crippen LogP contribution in [0.25, 0.3) is 0 Å². The topological polar surface area (TPSA) is 12.0 Å². The molecule has 84 valence electrons. The van der Waals surface area contributed by atoms with Crippen LogP contribution in [0.3, 0.4) is 0 Å². The lowest BCUT2D eigenvalue weighted by Crippen LogP contribution is -2.26. The van der Waals surface area contributed by atoms with Crippen molar-refractivity contribution >= 4 is 0 Å². The Kier molecular flexibility index (Phi) is 5.41. The second kappa shape index (κ2) is 6.62. The molecule has 1 aliphatic rings. The van der Waals surface area contributed by atoms with Crippen LogP contribution in [-0.2, 0) is 0 Å². The van der Waals surface area contributed by atoms with Gasteiger partial charge < -0.3 is 5.32 Å². The standard InChI is InChI=1S/C12H17N.C2H6/c1-10-3-2-4-12(9-10)11-5-7-13-8-6-11;1-2/h2-4,9,11,13H,5-8H2,1H3;1-2H3. The molecule has 1 N–H and O–H groups in total. The quantitative estimate of drug-likeness (QED) is 0.740. The van der Waals surface area contributed by atoms with Crippen molar-refractivity contribution in [3.8, 4) is 0 Å². The minimum absolute atomic E-state index is 0.793. The molecule has 1 nitrogen and oxygen atoms in total. The first kappa shape index (κ1) is 12.3. The Morgan fingerprint density at radius 3 is 2.40 bits per heavy atom. The number of benzene rings is 1. The summed E-state index contributed by atoms with van der Waals surface area (Å²) in [6, 6.07) is 8.94. The summed E-state index contributed by atoms with van der Waals surface area (Å²) in [4.78, 5) is 0. The fourth-order valence-electron chi connectivity index (χ4n) is 2.08. The maximum Gasteiger partial charge on any atom is -0.00431 e. The monoisotopic (exact) mass is 205 g/mol. The van der Waals surface area contributed by atoms with Crippen molar-refractivity contribution in [2.24, 2.45) is 0 Å². The molecule has 1 aromatic rings. The number of nitrogens with one attached hydrogen (secondary N) is 1. The number of hydrogen-bond acceptors (Lipinski definition) is 1. The van der Waals surface area contributed by atoms with Gasteiger partial charge in [0.2, 0.25) is 0 Å². The van der Waals surface area contributed by atoms with Gasteiger partial charge in [-0.3, -0.25) is 0 Å². The summed E-state index contributed by atoms with van der Waals surface area (Å²) in [6.45, 7) is 8.53. The number of rotatable bonds is 1. The van der Waals surface area contributed by atoms with Gasteiger partial charge in [0, 0.05) is 0 Å². The molecule has 0 bridgehead atoms. The second-order valence-corrected chi connectivity index (χ2v) is 3.94. The Labute approximate surface area is 93.9 Å². The molecule has 1 fully saturated rings. The summed E-state index contributed by atoms with van der Waals surface area (Å²) < 4.78 is 0. The summed E-state index contributed by atoms with van der Waals surface area (Å²) >= 11 is 0. The van der Waals surface area contributed by atoms with E-state index in [0.29, 0.717) is 0 Å². The van der Waals surface area contributed by atoms with E-state index in [-0.39, 0.29) is 0 Å². The molecule has 1 heteroatoms. The molecule has 0 unspecified atom stereocenters. The van der Waals surface area contributed by atoms with Crippen LogP contribution in [0.5, 0.6) is 0 Å². The molecule has 1 saturated heterocycles. The Hall–Kier alpha value is -0.820. The average Bonchev–Trinajstić information content (AvgIpc) is 2.33. The predicted octanol–water partition coefficient (Wildman–Crippen LogP) is 3.49. The Morgan fingerprint density at radius 1 is 1.13 bits per heavy atom. The molecule has 0 atom stereocenters. The van der Waals surface area contributed by atoms with Crippen LogP contribution in [-0.4, -0.2) is 13.1 Å². The van der Waals surface area contributed by atoms with E-state index in [4.69, 9.17) is 0 Å². The van der Waals surface area contributed by atoms with Gasteiger partial charge in [0.1, 0.15) is 0 Å². The van der Waals surface area contributed by atoms with Gasteiger partial charge >= 0.3 is 0 Å². The van der Waals surface area contributed by atoms with Crippen LogP contribution in [0.1, 0.15) is 43.7 Å². The summed E-state index contributed by atoms with van der Waals surface area (Å²) in [7, 11) is 0. The van der Waals surface area contributed by atoms with E-state index in [1.54, 1.807) is 0 Å². The van der Waals surface area contributed by atoms with Gasteiger partial charge in [0.15, 0.2) is 0 Å². The SMILES string of the molecule is CC.Cc1cccc(C2CCNCC2)c1. The highest BCUT2D eigenvalue weighted by Crippen LogP contribution is 2.25. The molecule has 0 spiro atoms. The molecular formula is C14H23N. The number of piperidine rings is 1. The molecule has 15 heavy (non-hydrogen) atoms. The summed E-state index contributed by atoms with van der Waals surface area (Å²) in [5, 5.41) is 3.40. The van der Waals surface area contributed by atoms with Crippen LogP contribution in [0.2, 0.25) is 0 Å². The molecule has 0 saturated carbocycles. The zero-order valence-corrected chi connectivity index (χ0v) is 10.2. The van der Waals surface area contributed by atoms with Gasteiger partial charge in [-0.05, 0) is 44.3 Å². The van der Waals surface area contributed by atoms with Crippen LogP contribution in [0, 0.1) is 6.92 Å². The lowest BCUT2D eigenvalue weighted by Gasteiger charge is -2.23. The summed E-state index contributed by atoms with van der Waals surface area (Å²) in [6.07, 6.45) is 2.59. The third kappa shape index (κ3) is 3.67. The highest BCUT2D eigenvalue weighted by molar-refractivity contribution is 5.25. The smallest absolute Gasteiger partial charge is 0.00431 e. The zero-order valence-electron chi connectivity index (χ0n) is 10.2. The maximum atomic E-state index is 3.40. The largest absolute Gasteiger partial charge is 0.317 e. The first-order valence-electron chi connectivity index (χ1n) is 6.13. The highest BCUT2D eigenvalue weighted by atomic mass is 14.9. The molecule has 1 heterocycles. The minimum Gasteiger partial charge on any atom is -0.317 e. The van der Waals surface area contributed by atoms with Gasteiger partial charge in [0.25, 0.3) is 0 Å². The Balaban J connectivity index is 0.000000531. The van der Waals surface area contributed by atoms with Gasteiger partial charge in [-0.1, -0.05) is 43.7 Å². The molecule has 0 radical (unpaired) electrons. The highest BCUT2D eigenvalue weighted by Gasteiger charge is 2.14.